The molecule has 100 valence electrons. The second-order valence-corrected chi connectivity index (χ2v) is 7.60. The number of aliphatic hydroxyl groups excluding tert-OH is 1. The van der Waals surface area contributed by atoms with E-state index >= 15 is 0 Å². The normalized spacial score (nSPS) is 26.0. The summed E-state index contributed by atoms with van der Waals surface area (Å²) < 4.78 is 1.02. The van der Waals surface area contributed by atoms with E-state index < -0.39 is 6.10 Å². The summed E-state index contributed by atoms with van der Waals surface area (Å²) in [6, 6.07) is 6.31. The molecule has 3 unspecified atom stereocenters. The summed E-state index contributed by atoms with van der Waals surface area (Å²) >= 11 is 5.54. The molecule has 1 fully saturated rings. The van der Waals surface area contributed by atoms with Crippen molar-refractivity contribution in [2.24, 2.45) is 5.92 Å². The maximum Gasteiger partial charge on any atom is 0.0772 e. The van der Waals surface area contributed by atoms with E-state index in [2.05, 4.69) is 35.0 Å². The van der Waals surface area contributed by atoms with Gasteiger partial charge in [0.25, 0.3) is 0 Å². The summed E-state index contributed by atoms with van der Waals surface area (Å²) in [5.41, 5.74) is 0.969. The van der Waals surface area contributed by atoms with Crippen molar-refractivity contribution in [3.63, 3.8) is 0 Å². The second kappa shape index (κ2) is 6.44. The second-order valence-electron chi connectivity index (χ2n) is 5.37. The van der Waals surface area contributed by atoms with Crippen molar-refractivity contribution in [2.75, 3.05) is 0 Å². The monoisotopic (exact) mass is 328 g/mol. The Morgan fingerprint density at radius 3 is 2.78 bits per heavy atom. The molecule has 1 nitrogen and oxygen atoms in total. The van der Waals surface area contributed by atoms with E-state index in [9.17, 15) is 5.11 Å². The van der Waals surface area contributed by atoms with E-state index in [-0.39, 0.29) is 0 Å². The van der Waals surface area contributed by atoms with Crippen LogP contribution in [-0.2, 0) is 0 Å². The summed E-state index contributed by atoms with van der Waals surface area (Å²) in [5, 5.41) is 10.4. The van der Waals surface area contributed by atoms with Gasteiger partial charge in [-0.2, -0.15) is 0 Å². The highest BCUT2D eigenvalue weighted by atomic mass is 79.9. The molecule has 18 heavy (non-hydrogen) atoms. The summed E-state index contributed by atoms with van der Waals surface area (Å²) in [6.45, 7) is 4.16. The summed E-state index contributed by atoms with van der Waals surface area (Å²) in [4.78, 5) is 1.31. The SMILES string of the molecule is CC1CCCC(Sc2ccc(C(C)O)c(Br)c2)C1. The van der Waals surface area contributed by atoms with Crippen LogP contribution in [0.5, 0.6) is 0 Å². The minimum absolute atomic E-state index is 0.409. The number of halogens is 1. The lowest BCUT2D eigenvalue weighted by Crippen LogP contribution is -2.14. The zero-order chi connectivity index (χ0) is 13.1. The lowest BCUT2D eigenvalue weighted by Gasteiger charge is -2.26. The predicted molar refractivity (Wildman–Crippen MR) is 82.1 cm³/mol. The van der Waals surface area contributed by atoms with Crippen LogP contribution in [0.4, 0.5) is 0 Å². The Morgan fingerprint density at radius 2 is 2.17 bits per heavy atom. The largest absolute Gasteiger partial charge is 0.389 e. The molecular formula is C15H21BrOS. The molecule has 0 heterocycles. The number of hydrogen-bond acceptors (Lipinski definition) is 2. The molecule has 1 saturated carbocycles. The molecule has 2 rings (SSSR count). The maximum atomic E-state index is 9.61. The van der Waals surface area contributed by atoms with Gasteiger partial charge in [0.15, 0.2) is 0 Å². The van der Waals surface area contributed by atoms with Crippen molar-refractivity contribution >= 4 is 27.7 Å². The Kier molecular flexibility index (Phi) is 5.16. The zero-order valence-corrected chi connectivity index (χ0v) is 13.4. The van der Waals surface area contributed by atoms with Gasteiger partial charge in [-0.3, -0.25) is 0 Å². The summed E-state index contributed by atoms with van der Waals surface area (Å²) in [5.74, 6) is 0.872. The number of benzene rings is 1. The highest BCUT2D eigenvalue weighted by Crippen LogP contribution is 2.37. The quantitative estimate of drug-likeness (QED) is 0.825. The molecule has 0 radical (unpaired) electrons. The number of aliphatic hydroxyl groups is 1. The number of rotatable bonds is 3. The molecule has 1 N–H and O–H groups in total. The van der Waals surface area contributed by atoms with Crippen LogP contribution in [0.3, 0.4) is 0 Å². The van der Waals surface area contributed by atoms with Gasteiger partial charge in [0, 0.05) is 14.6 Å². The molecular weight excluding hydrogens is 308 g/mol. The zero-order valence-electron chi connectivity index (χ0n) is 11.0. The van der Waals surface area contributed by atoms with E-state index in [0.29, 0.717) is 0 Å². The van der Waals surface area contributed by atoms with Crippen LogP contribution in [0.2, 0.25) is 0 Å². The Hall–Kier alpha value is 0.01000. The Labute approximate surface area is 122 Å². The minimum Gasteiger partial charge on any atom is -0.389 e. The average molecular weight is 329 g/mol. The van der Waals surface area contributed by atoms with Crippen LogP contribution in [0.25, 0.3) is 0 Å². The van der Waals surface area contributed by atoms with Gasteiger partial charge in [0.1, 0.15) is 0 Å². The van der Waals surface area contributed by atoms with Crippen LogP contribution in [0.1, 0.15) is 51.2 Å². The van der Waals surface area contributed by atoms with Crippen molar-refractivity contribution in [3.05, 3.63) is 28.2 Å². The summed E-state index contributed by atoms with van der Waals surface area (Å²) in [7, 11) is 0. The Bertz CT molecular complexity index is 405. The van der Waals surface area contributed by atoms with E-state index in [1.54, 1.807) is 6.92 Å². The van der Waals surface area contributed by atoms with Gasteiger partial charge < -0.3 is 5.11 Å². The lowest BCUT2D eigenvalue weighted by molar-refractivity contribution is 0.198. The lowest BCUT2D eigenvalue weighted by atomic mass is 9.91. The molecule has 1 aromatic carbocycles. The molecule has 0 aromatic heterocycles. The molecule has 0 bridgehead atoms. The molecule has 1 aliphatic rings. The highest BCUT2D eigenvalue weighted by molar-refractivity contribution is 9.10. The van der Waals surface area contributed by atoms with E-state index in [0.717, 1.165) is 21.2 Å². The fraction of sp³-hybridized carbons (Fsp3) is 0.600. The first-order chi connectivity index (χ1) is 8.56. The standard InChI is InChI=1S/C15H21BrOS/c1-10-4-3-5-12(8-10)18-13-6-7-14(11(2)17)15(16)9-13/h6-7,9-12,17H,3-5,8H2,1-2H3. The van der Waals surface area contributed by atoms with E-state index in [4.69, 9.17) is 0 Å². The van der Waals surface area contributed by atoms with Crippen LogP contribution in [0, 0.1) is 5.92 Å². The van der Waals surface area contributed by atoms with Crippen molar-refractivity contribution in [1.29, 1.82) is 0 Å². The molecule has 0 amide bonds. The van der Waals surface area contributed by atoms with E-state index in [1.807, 2.05) is 17.8 Å². The van der Waals surface area contributed by atoms with Crippen molar-refractivity contribution in [1.82, 2.24) is 0 Å². The van der Waals surface area contributed by atoms with Gasteiger partial charge in [-0.25, -0.2) is 0 Å². The molecule has 3 heteroatoms. The van der Waals surface area contributed by atoms with Crippen LogP contribution in [0.15, 0.2) is 27.6 Å². The molecule has 3 atom stereocenters. The van der Waals surface area contributed by atoms with Crippen molar-refractivity contribution < 1.29 is 5.11 Å². The van der Waals surface area contributed by atoms with Gasteiger partial charge in [-0.15, -0.1) is 11.8 Å². The first-order valence-corrected chi connectivity index (χ1v) is 8.37. The van der Waals surface area contributed by atoms with Gasteiger partial charge in [0.05, 0.1) is 6.10 Å². The smallest absolute Gasteiger partial charge is 0.0772 e. The third kappa shape index (κ3) is 3.75. The first kappa shape index (κ1) is 14.4. The predicted octanol–water partition coefficient (Wildman–Crippen LogP) is 5.17. The van der Waals surface area contributed by atoms with Gasteiger partial charge >= 0.3 is 0 Å². The highest BCUT2D eigenvalue weighted by Gasteiger charge is 2.20. The fourth-order valence-electron chi connectivity index (χ4n) is 2.60. The molecule has 0 aliphatic heterocycles. The third-order valence-electron chi connectivity index (χ3n) is 3.61. The Morgan fingerprint density at radius 1 is 1.39 bits per heavy atom. The minimum atomic E-state index is -0.409. The van der Waals surface area contributed by atoms with Crippen molar-refractivity contribution in [3.8, 4) is 0 Å². The Balaban J connectivity index is 2.03. The molecule has 0 spiro atoms. The van der Waals surface area contributed by atoms with Crippen LogP contribution >= 0.6 is 27.7 Å². The van der Waals surface area contributed by atoms with Crippen LogP contribution < -0.4 is 0 Å². The summed E-state index contributed by atoms with van der Waals surface area (Å²) in [6.07, 6.45) is 5.02. The van der Waals surface area contributed by atoms with Gasteiger partial charge in [0.2, 0.25) is 0 Å². The fourth-order valence-corrected chi connectivity index (χ4v) is 4.89. The molecule has 0 saturated heterocycles. The van der Waals surface area contributed by atoms with E-state index in [1.165, 1.54) is 30.6 Å². The van der Waals surface area contributed by atoms with Gasteiger partial charge in [-0.1, -0.05) is 41.8 Å². The average Bonchev–Trinajstić information content (AvgIpc) is 2.28. The first-order valence-electron chi connectivity index (χ1n) is 6.70. The van der Waals surface area contributed by atoms with Gasteiger partial charge in [-0.05, 0) is 43.4 Å². The van der Waals surface area contributed by atoms with Crippen molar-refractivity contribution in [2.45, 2.75) is 55.8 Å². The molecule has 1 aliphatic carbocycles. The van der Waals surface area contributed by atoms with Crippen LogP contribution in [-0.4, -0.2) is 10.4 Å². The third-order valence-corrected chi connectivity index (χ3v) is 5.59. The number of hydrogen-bond donors (Lipinski definition) is 1. The molecule has 1 aromatic rings. The maximum absolute atomic E-state index is 9.61. The number of thioether (sulfide) groups is 1. The topological polar surface area (TPSA) is 20.2 Å².